The van der Waals surface area contributed by atoms with Crippen LogP contribution in [0.15, 0.2) is 32.7 Å². The zero-order chi connectivity index (χ0) is 12.2. The monoisotopic (exact) mass is 308 g/mol. The van der Waals surface area contributed by atoms with E-state index < -0.39 is 10.0 Å². The van der Waals surface area contributed by atoms with Crippen molar-refractivity contribution in [2.45, 2.75) is 11.6 Å². The van der Waals surface area contributed by atoms with Crippen LogP contribution < -0.4 is 10.0 Å². The Balaban J connectivity index is 2.77. The van der Waals surface area contributed by atoms with E-state index in [1.807, 2.05) is 0 Å². The van der Waals surface area contributed by atoms with E-state index in [4.69, 9.17) is 4.42 Å². The Morgan fingerprint density at radius 1 is 1.56 bits per heavy atom. The van der Waals surface area contributed by atoms with E-state index in [1.165, 1.54) is 6.07 Å². The van der Waals surface area contributed by atoms with Crippen molar-refractivity contribution < 1.29 is 12.8 Å². The Hall–Kier alpha value is -0.630. The molecule has 0 aliphatic rings. The number of rotatable bonds is 6. The SMILES string of the molecule is C=C(Br)CNS(=O)(=O)c1ccc(CNC)o1. The van der Waals surface area contributed by atoms with Gasteiger partial charge in [0.25, 0.3) is 10.0 Å². The maximum Gasteiger partial charge on any atom is 0.274 e. The molecule has 0 radical (unpaired) electrons. The Morgan fingerprint density at radius 2 is 2.25 bits per heavy atom. The minimum absolute atomic E-state index is 0.0912. The summed E-state index contributed by atoms with van der Waals surface area (Å²) in [6, 6.07) is 3.04. The summed E-state index contributed by atoms with van der Waals surface area (Å²) in [5.41, 5.74) is 0. The van der Waals surface area contributed by atoms with Crippen LogP contribution >= 0.6 is 15.9 Å². The number of furan rings is 1. The summed E-state index contributed by atoms with van der Waals surface area (Å²) in [5.74, 6) is 0.570. The van der Waals surface area contributed by atoms with Crippen LogP contribution in [0.1, 0.15) is 5.76 Å². The van der Waals surface area contributed by atoms with Gasteiger partial charge in [0, 0.05) is 11.0 Å². The highest BCUT2D eigenvalue weighted by Crippen LogP contribution is 2.14. The first-order chi connectivity index (χ1) is 7.45. The first-order valence-corrected chi connectivity index (χ1v) is 6.79. The second-order valence-corrected chi connectivity index (χ2v) is 5.91. The van der Waals surface area contributed by atoms with Crippen LogP contribution in [0.3, 0.4) is 0 Å². The van der Waals surface area contributed by atoms with Crippen molar-refractivity contribution in [3.63, 3.8) is 0 Å². The van der Waals surface area contributed by atoms with Crippen LogP contribution in [0, 0.1) is 0 Å². The van der Waals surface area contributed by atoms with Gasteiger partial charge in [0.05, 0.1) is 6.54 Å². The summed E-state index contributed by atoms with van der Waals surface area (Å²) in [5, 5.41) is 2.78. The third-order valence-corrected chi connectivity index (χ3v) is 3.26. The first kappa shape index (κ1) is 13.4. The molecule has 7 heteroatoms. The van der Waals surface area contributed by atoms with Gasteiger partial charge in [0.2, 0.25) is 5.09 Å². The van der Waals surface area contributed by atoms with Crippen LogP contribution in [0.25, 0.3) is 0 Å². The molecule has 0 aromatic carbocycles. The maximum absolute atomic E-state index is 11.7. The maximum atomic E-state index is 11.7. The molecule has 1 heterocycles. The van der Waals surface area contributed by atoms with Gasteiger partial charge in [-0.3, -0.25) is 0 Å². The van der Waals surface area contributed by atoms with E-state index in [1.54, 1.807) is 13.1 Å². The Kier molecular flexibility index (Phi) is 4.72. The predicted molar refractivity (Wildman–Crippen MR) is 64.7 cm³/mol. The van der Waals surface area contributed by atoms with Crippen LogP contribution in [-0.2, 0) is 16.6 Å². The molecule has 0 fully saturated rings. The summed E-state index contributed by atoms with van der Waals surface area (Å²) in [6.45, 7) is 4.15. The van der Waals surface area contributed by atoms with E-state index in [9.17, 15) is 8.42 Å². The Labute approximate surface area is 103 Å². The summed E-state index contributed by atoms with van der Waals surface area (Å²) in [6.07, 6.45) is 0. The molecule has 1 aromatic rings. The van der Waals surface area contributed by atoms with Crippen molar-refractivity contribution >= 4 is 26.0 Å². The van der Waals surface area contributed by atoms with Gasteiger partial charge < -0.3 is 9.73 Å². The molecule has 0 saturated carbocycles. The summed E-state index contributed by atoms with van der Waals surface area (Å²) < 4.78 is 31.4. The van der Waals surface area contributed by atoms with Gasteiger partial charge in [0.15, 0.2) is 0 Å². The molecule has 16 heavy (non-hydrogen) atoms. The normalized spacial score (nSPS) is 11.6. The predicted octanol–water partition coefficient (Wildman–Crippen LogP) is 1.19. The summed E-state index contributed by atoms with van der Waals surface area (Å²) in [4.78, 5) is 0. The molecule has 2 N–H and O–H groups in total. The van der Waals surface area contributed by atoms with Gasteiger partial charge in [-0.05, 0) is 19.2 Å². The van der Waals surface area contributed by atoms with Crippen LogP contribution in [0.2, 0.25) is 0 Å². The van der Waals surface area contributed by atoms with Crippen LogP contribution in [0.5, 0.6) is 0 Å². The summed E-state index contributed by atoms with van der Waals surface area (Å²) in [7, 11) is -1.83. The van der Waals surface area contributed by atoms with Crippen LogP contribution in [0.4, 0.5) is 0 Å². The topological polar surface area (TPSA) is 71.3 Å². The molecule has 0 spiro atoms. The second kappa shape index (κ2) is 5.62. The van der Waals surface area contributed by atoms with Crippen molar-refractivity contribution in [2.24, 2.45) is 0 Å². The smallest absolute Gasteiger partial charge is 0.274 e. The van der Waals surface area contributed by atoms with Crippen molar-refractivity contribution in [3.05, 3.63) is 29.0 Å². The highest BCUT2D eigenvalue weighted by molar-refractivity contribution is 9.11. The zero-order valence-corrected chi connectivity index (χ0v) is 11.2. The molecule has 0 unspecified atom stereocenters. The first-order valence-electron chi connectivity index (χ1n) is 4.52. The molecule has 5 nitrogen and oxygen atoms in total. The molecule has 1 aromatic heterocycles. The average Bonchev–Trinajstić information content (AvgIpc) is 2.65. The molecule has 0 saturated heterocycles. The third kappa shape index (κ3) is 3.75. The van der Waals surface area contributed by atoms with E-state index in [2.05, 4.69) is 32.5 Å². The van der Waals surface area contributed by atoms with Gasteiger partial charge in [-0.1, -0.05) is 22.5 Å². The number of nitrogens with one attached hydrogen (secondary N) is 2. The van der Waals surface area contributed by atoms with E-state index in [0.29, 0.717) is 16.8 Å². The van der Waals surface area contributed by atoms with Gasteiger partial charge in [-0.25, -0.2) is 13.1 Å². The number of halogens is 1. The van der Waals surface area contributed by atoms with Gasteiger partial charge in [-0.2, -0.15) is 0 Å². The van der Waals surface area contributed by atoms with E-state index in [-0.39, 0.29) is 11.6 Å². The zero-order valence-electron chi connectivity index (χ0n) is 8.79. The van der Waals surface area contributed by atoms with Crippen molar-refractivity contribution in [1.29, 1.82) is 0 Å². The lowest BCUT2D eigenvalue weighted by atomic mass is 10.4. The lowest BCUT2D eigenvalue weighted by Crippen LogP contribution is -2.24. The fraction of sp³-hybridized carbons (Fsp3) is 0.333. The molecule has 0 aliphatic carbocycles. The van der Waals surface area contributed by atoms with E-state index >= 15 is 0 Å². The van der Waals surface area contributed by atoms with Gasteiger partial charge in [0.1, 0.15) is 5.76 Å². The lowest BCUT2D eigenvalue weighted by Gasteiger charge is -2.02. The molecule has 0 bridgehead atoms. The standard InChI is InChI=1S/C9H13BrN2O3S/c1-7(10)5-12-16(13,14)9-4-3-8(15-9)6-11-2/h3-4,11-12H,1,5-6H2,2H3. The largest absolute Gasteiger partial charge is 0.447 e. The molecule has 90 valence electrons. The summed E-state index contributed by atoms with van der Waals surface area (Å²) >= 11 is 3.07. The third-order valence-electron chi connectivity index (χ3n) is 1.71. The van der Waals surface area contributed by atoms with Gasteiger partial charge >= 0.3 is 0 Å². The minimum Gasteiger partial charge on any atom is -0.447 e. The highest BCUT2D eigenvalue weighted by atomic mass is 79.9. The average molecular weight is 309 g/mol. The Morgan fingerprint density at radius 3 is 2.81 bits per heavy atom. The van der Waals surface area contributed by atoms with E-state index in [0.717, 1.165) is 0 Å². The number of hydrogen-bond donors (Lipinski definition) is 2. The fourth-order valence-electron chi connectivity index (χ4n) is 1.02. The number of sulfonamides is 1. The van der Waals surface area contributed by atoms with Crippen molar-refractivity contribution in [2.75, 3.05) is 13.6 Å². The lowest BCUT2D eigenvalue weighted by molar-refractivity contribution is 0.405. The highest BCUT2D eigenvalue weighted by Gasteiger charge is 2.18. The fourth-order valence-corrected chi connectivity index (χ4v) is 2.31. The molecular formula is C9H13BrN2O3S. The Bertz CT molecular complexity index is 467. The van der Waals surface area contributed by atoms with Crippen molar-refractivity contribution in [1.82, 2.24) is 10.0 Å². The minimum atomic E-state index is -3.59. The molecule has 0 aliphatic heterocycles. The molecule has 0 atom stereocenters. The number of hydrogen-bond acceptors (Lipinski definition) is 4. The van der Waals surface area contributed by atoms with Gasteiger partial charge in [-0.15, -0.1) is 0 Å². The second-order valence-electron chi connectivity index (χ2n) is 3.09. The quantitative estimate of drug-likeness (QED) is 0.828. The van der Waals surface area contributed by atoms with Crippen LogP contribution in [-0.4, -0.2) is 22.0 Å². The molecule has 0 amide bonds. The molecule has 1 rings (SSSR count). The molecular weight excluding hydrogens is 296 g/mol. The van der Waals surface area contributed by atoms with Crippen molar-refractivity contribution in [3.8, 4) is 0 Å².